The second kappa shape index (κ2) is 7.26. The summed E-state index contributed by atoms with van der Waals surface area (Å²) in [4.78, 5) is 12.0. The van der Waals surface area contributed by atoms with E-state index in [9.17, 15) is 4.79 Å². The minimum atomic E-state index is -0.251. The maximum atomic E-state index is 12.0. The van der Waals surface area contributed by atoms with Crippen LogP contribution in [0.15, 0.2) is 48.5 Å². The van der Waals surface area contributed by atoms with Crippen LogP contribution in [0.2, 0.25) is 0 Å². The molecule has 1 saturated heterocycles. The summed E-state index contributed by atoms with van der Waals surface area (Å²) in [6.07, 6.45) is 0.0823. The van der Waals surface area contributed by atoms with Crippen molar-refractivity contribution >= 4 is 17.4 Å². The fraction of sp³-hybridized carbons (Fsp3) is 0.278. The molecule has 1 aliphatic heterocycles. The van der Waals surface area contributed by atoms with Gasteiger partial charge in [0.15, 0.2) is 0 Å². The second-order valence-corrected chi connectivity index (χ2v) is 5.63. The van der Waals surface area contributed by atoms with E-state index in [4.69, 9.17) is 4.74 Å². The molecule has 0 aromatic heterocycles. The Kier molecular flexibility index (Phi) is 4.90. The van der Waals surface area contributed by atoms with Crippen LogP contribution in [-0.4, -0.2) is 25.7 Å². The van der Waals surface area contributed by atoms with Gasteiger partial charge < -0.3 is 20.7 Å². The fourth-order valence-electron chi connectivity index (χ4n) is 2.58. The highest BCUT2D eigenvalue weighted by atomic mass is 16.5. The van der Waals surface area contributed by atoms with Gasteiger partial charge in [0.1, 0.15) is 0 Å². The zero-order chi connectivity index (χ0) is 16.1. The summed E-state index contributed by atoms with van der Waals surface area (Å²) in [7, 11) is 0. The van der Waals surface area contributed by atoms with Gasteiger partial charge in [-0.05, 0) is 42.3 Å². The molecule has 0 spiro atoms. The van der Waals surface area contributed by atoms with Gasteiger partial charge >= 0.3 is 6.03 Å². The Balaban J connectivity index is 1.58. The van der Waals surface area contributed by atoms with Crippen molar-refractivity contribution in [3.63, 3.8) is 0 Å². The van der Waals surface area contributed by atoms with Crippen LogP contribution in [0.5, 0.6) is 0 Å². The molecule has 1 fully saturated rings. The average molecular weight is 311 g/mol. The minimum Gasteiger partial charge on any atom is -0.371 e. The predicted molar refractivity (Wildman–Crippen MR) is 91.8 cm³/mol. The molecule has 3 N–H and O–H groups in total. The highest BCUT2D eigenvalue weighted by Gasteiger charge is 2.15. The normalized spacial score (nSPS) is 17.5. The summed E-state index contributed by atoms with van der Waals surface area (Å²) in [6.45, 7) is 4.43. The number of nitrogens with one attached hydrogen (secondary N) is 3. The first-order valence-electron chi connectivity index (χ1n) is 7.78. The predicted octanol–water partition coefficient (Wildman–Crippen LogP) is 3.30. The summed E-state index contributed by atoms with van der Waals surface area (Å²) >= 11 is 0. The lowest BCUT2D eigenvalue weighted by atomic mass is 10.1. The first-order chi connectivity index (χ1) is 11.2. The van der Waals surface area contributed by atoms with E-state index in [0.717, 1.165) is 42.2 Å². The summed E-state index contributed by atoms with van der Waals surface area (Å²) in [5.41, 5.74) is 3.75. The first-order valence-corrected chi connectivity index (χ1v) is 7.78. The zero-order valence-electron chi connectivity index (χ0n) is 13.1. The number of hydrogen-bond donors (Lipinski definition) is 3. The lowest BCUT2D eigenvalue weighted by molar-refractivity contribution is 0.0277. The molecule has 0 unspecified atom stereocenters. The van der Waals surface area contributed by atoms with Crippen LogP contribution in [0.25, 0.3) is 0 Å². The van der Waals surface area contributed by atoms with Gasteiger partial charge in [0.2, 0.25) is 0 Å². The molecule has 5 nitrogen and oxygen atoms in total. The summed E-state index contributed by atoms with van der Waals surface area (Å²) in [5.74, 6) is 0. The van der Waals surface area contributed by atoms with Crippen molar-refractivity contribution in [2.75, 3.05) is 30.3 Å². The number of ether oxygens (including phenoxy) is 1. The van der Waals surface area contributed by atoms with E-state index < -0.39 is 0 Å². The van der Waals surface area contributed by atoms with Gasteiger partial charge in [-0.25, -0.2) is 4.79 Å². The number of urea groups is 1. The number of hydrogen-bond acceptors (Lipinski definition) is 3. The van der Waals surface area contributed by atoms with Crippen LogP contribution in [0.3, 0.4) is 0 Å². The Labute approximate surface area is 136 Å². The SMILES string of the molecule is Cc1cccc(NC(=O)Nc2ccc([C@@H]3CNCCO3)cc2)c1. The summed E-state index contributed by atoms with van der Waals surface area (Å²) in [5, 5.41) is 8.97. The van der Waals surface area contributed by atoms with Crippen molar-refractivity contribution in [3.8, 4) is 0 Å². The lowest BCUT2D eigenvalue weighted by Crippen LogP contribution is -2.33. The Morgan fingerprint density at radius 1 is 1.13 bits per heavy atom. The molecule has 23 heavy (non-hydrogen) atoms. The molecular formula is C18H21N3O2. The smallest absolute Gasteiger partial charge is 0.323 e. The Morgan fingerprint density at radius 2 is 1.91 bits per heavy atom. The van der Waals surface area contributed by atoms with Crippen LogP contribution in [-0.2, 0) is 4.74 Å². The average Bonchev–Trinajstić information content (AvgIpc) is 2.56. The summed E-state index contributed by atoms with van der Waals surface area (Å²) < 4.78 is 5.71. The fourth-order valence-corrected chi connectivity index (χ4v) is 2.58. The second-order valence-electron chi connectivity index (χ2n) is 5.63. The highest BCUT2D eigenvalue weighted by Crippen LogP contribution is 2.21. The minimum absolute atomic E-state index is 0.0823. The molecule has 2 aromatic carbocycles. The zero-order valence-corrected chi connectivity index (χ0v) is 13.1. The van der Waals surface area contributed by atoms with Gasteiger partial charge in [-0.3, -0.25) is 0 Å². The van der Waals surface area contributed by atoms with Crippen molar-refractivity contribution in [2.45, 2.75) is 13.0 Å². The van der Waals surface area contributed by atoms with E-state index >= 15 is 0 Å². The van der Waals surface area contributed by atoms with Gasteiger partial charge in [0.05, 0.1) is 12.7 Å². The highest BCUT2D eigenvalue weighted by molar-refractivity contribution is 5.99. The van der Waals surface area contributed by atoms with Crippen molar-refractivity contribution in [1.29, 1.82) is 0 Å². The number of rotatable bonds is 3. The van der Waals surface area contributed by atoms with Crippen LogP contribution in [0.1, 0.15) is 17.2 Å². The third kappa shape index (κ3) is 4.31. The molecule has 0 aliphatic carbocycles. The topological polar surface area (TPSA) is 62.4 Å². The maximum absolute atomic E-state index is 12.0. The van der Waals surface area contributed by atoms with Crippen molar-refractivity contribution in [2.24, 2.45) is 0 Å². The van der Waals surface area contributed by atoms with Crippen LogP contribution in [0.4, 0.5) is 16.2 Å². The standard InChI is InChI=1S/C18H21N3O2/c1-13-3-2-4-16(11-13)21-18(22)20-15-7-5-14(6-8-15)17-12-19-9-10-23-17/h2-8,11,17,19H,9-10,12H2,1H3,(H2,20,21,22)/t17-/m0/s1. The van der Waals surface area contributed by atoms with Gasteiger partial charge in [-0.15, -0.1) is 0 Å². The number of carbonyl (C=O) groups is 1. The monoisotopic (exact) mass is 311 g/mol. The quantitative estimate of drug-likeness (QED) is 0.815. The first kappa shape index (κ1) is 15.5. The van der Waals surface area contributed by atoms with Gasteiger partial charge in [-0.2, -0.15) is 0 Å². The molecule has 1 heterocycles. The molecule has 1 aliphatic rings. The number of amides is 2. The molecule has 1 atom stereocenters. The van der Waals surface area contributed by atoms with E-state index in [0.29, 0.717) is 0 Å². The van der Waals surface area contributed by atoms with Gasteiger partial charge in [0.25, 0.3) is 0 Å². The van der Waals surface area contributed by atoms with Crippen molar-refractivity contribution in [3.05, 3.63) is 59.7 Å². The molecule has 5 heteroatoms. The van der Waals surface area contributed by atoms with Gasteiger partial charge in [-0.1, -0.05) is 24.3 Å². The van der Waals surface area contributed by atoms with E-state index in [1.54, 1.807) is 0 Å². The number of aryl methyl sites for hydroxylation is 1. The summed E-state index contributed by atoms with van der Waals surface area (Å²) in [6, 6.07) is 15.2. The number of anilines is 2. The molecule has 2 aromatic rings. The third-order valence-corrected chi connectivity index (χ3v) is 3.74. The van der Waals surface area contributed by atoms with Crippen LogP contribution >= 0.6 is 0 Å². The van der Waals surface area contributed by atoms with E-state index in [2.05, 4.69) is 16.0 Å². The molecule has 0 saturated carbocycles. The van der Waals surface area contributed by atoms with Gasteiger partial charge in [0, 0.05) is 24.5 Å². The van der Waals surface area contributed by atoms with E-state index in [-0.39, 0.29) is 12.1 Å². The van der Waals surface area contributed by atoms with Crippen LogP contribution in [0, 0.1) is 6.92 Å². The maximum Gasteiger partial charge on any atom is 0.323 e. The molecule has 0 bridgehead atoms. The lowest BCUT2D eigenvalue weighted by Gasteiger charge is -2.24. The van der Waals surface area contributed by atoms with E-state index in [1.807, 2.05) is 55.5 Å². The van der Waals surface area contributed by atoms with Crippen molar-refractivity contribution in [1.82, 2.24) is 5.32 Å². The molecule has 3 rings (SSSR count). The van der Waals surface area contributed by atoms with Crippen LogP contribution < -0.4 is 16.0 Å². The Bertz CT molecular complexity index is 664. The number of benzene rings is 2. The Hall–Kier alpha value is -2.37. The van der Waals surface area contributed by atoms with Crippen molar-refractivity contribution < 1.29 is 9.53 Å². The molecular weight excluding hydrogens is 290 g/mol. The molecule has 2 amide bonds. The van der Waals surface area contributed by atoms with E-state index in [1.165, 1.54) is 0 Å². The Morgan fingerprint density at radius 3 is 2.61 bits per heavy atom. The molecule has 0 radical (unpaired) electrons. The third-order valence-electron chi connectivity index (χ3n) is 3.74. The number of morpholine rings is 1. The molecule has 120 valence electrons. The largest absolute Gasteiger partial charge is 0.371 e. The number of carbonyl (C=O) groups excluding carboxylic acids is 1.